The zero-order valence-electron chi connectivity index (χ0n) is 15.1. The molecule has 3 amide bonds. The molecule has 1 heterocycles. The van der Waals surface area contributed by atoms with Gasteiger partial charge in [-0.3, -0.25) is 4.79 Å². The van der Waals surface area contributed by atoms with Gasteiger partial charge in [0.1, 0.15) is 0 Å². The Bertz CT molecular complexity index is 565. The summed E-state index contributed by atoms with van der Waals surface area (Å²) in [7, 11) is 0. The average molecular weight is 366 g/mol. The molecule has 1 aliphatic rings. The lowest BCUT2D eigenvalue weighted by molar-refractivity contribution is -0.136. The zero-order valence-corrected chi connectivity index (χ0v) is 15.8. The van der Waals surface area contributed by atoms with Crippen LogP contribution in [0.4, 0.5) is 4.79 Å². The van der Waals surface area contributed by atoms with Crippen molar-refractivity contribution in [1.29, 1.82) is 0 Å². The van der Waals surface area contributed by atoms with Gasteiger partial charge in [-0.25, -0.2) is 4.79 Å². The third-order valence-corrected chi connectivity index (χ3v) is 5.09. The van der Waals surface area contributed by atoms with Gasteiger partial charge in [-0.1, -0.05) is 37.6 Å². The molecule has 2 N–H and O–H groups in total. The maximum absolute atomic E-state index is 12.4. The third-order valence-electron chi connectivity index (χ3n) is 4.84. The van der Waals surface area contributed by atoms with Gasteiger partial charge in [0.2, 0.25) is 5.91 Å². The maximum atomic E-state index is 12.4. The zero-order chi connectivity index (χ0) is 18.2. The minimum atomic E-state index is -0.167. The number of nitrogens with one attached hydrogen (secondary N) is 2. The van der Waals surface area contributed by atoms with Gasteiger partial charge in [-0.15, -0.1) is 0 Å². The lowest BCUT2D eigenvalue weighted by Gasteiger charge is -2.34. The van der Waals surface area contributed by atoms with Crippen LogP contribution < -0.4 is 10.6 Å². The van der Waals surface area contributed by atoms with E-state index in [0.29, 0.717) is 11.6 Å². The van der Waals surface area contributed by atoms with Crippen molar-refractivity contribution in [2.45, 2.75) is 52.1 Å². The van der Waals surface area contributed by atoms with Crippen LogP contribution in [0.5, 0.6) is 0 Å². The van der Waals surface area contributed by atoms with Crippen molar-refractivity contribution in [3.63, 3.8) is 0 Å². The number of hydrogen-bond acceptors (Lipinski definition) is 2. The normalized spacial score (nSPS) is 15.3. The number of benzene rings is 1. The summed E-state index contributed by atoms with van der Waals surface area (Å²) in [6, 6.07) is 7.36. The molecule has 1 aromatic carbocycles. The fraction of sp³-hybridized carbons (Fsp3) is 0.579. The molecule has 1 aromatic rings. The summed E-state index contributed by atoms with van der Waals surface area (Å²) in [6.45, 7) is 6.03. The van der Waals surface area contributed by atoms with Crippen LogP contribution in [0.3, 0.4) is 0 Å². The molecule has 2 rings (SSSR count). The highest BCUT2D eigenvalue weighted by atomic mass is 35.5. The van der Waals surface area contributed by atoms with Crippen LogP contribution in [0.2, 0.25) is 5.02 Å². The highest BCUT2D eigenvalue weighted by molar-refractivity contribution is 6.30. The first kappa shape index (κ1) is 19.6. The van der Waals surface area contributed by atoms with Gasteiger partial charge in [0.05, 0.1) is 0 Å². The smallest absolute Gasteiger partial charge is 0.315 e. The number of likely N-dealkylation sites (tertiary alicyclic amines) is 1. The molecule has 6 heteroatoms. The molecule has 1 saturated heterocycles. The molecule has 0 unspecified atom stereocenters. The SMILES string of the molecule is CCC(CC)C(=O)N1CCC(NC(=O)NCc2ccc(Cl)cc2)CC1. The van der Waals surface area contributed by atoms with E-state index >= 15 is 0 Å². The van der Waals surface area contributed by atoms with E-state index in [4.69, 9.17) is 11.6 Å². The van der Waals surface area contributed by atoms with Gasteiger partial charge >= 0.3 is 6.03 Å². The molecule has 5 nitrogen and oxygen atoms in total. The van der Waals surface area contributed by atoms with Crippen LogP contribution >= 0.6 is 11.6 Å². The highest BCUT2D eigenvalue weighted by Gasteiger charge is 2.27. The molecular formula is C19H28ClN3O2. The molecule has 0 saturated carbocycles. The number of nitrogens with zero attached hydrogens (tertiary/aromatic N) is 1. The summed E-state index contributed by atoms with van der Waals surface area (Å²) < 4.78 is 0. The summed E-state index contributed by atoms with van der Waals surface area (Å²) in [5, 5.41) is 6.55. The number of rotatable bonds is 6. The summed E-state index contributed by atoms with van der Waals surface area (Å²) in [6.07, 6.45) is 3.39. The fourth-order valence-corrected chi connectivity index (χ4v) is 3.29. The van der Waals surface area contributed by atoms with E-state index < -0.39 is 0 Å². The number of amides is 3. The minimum absolute atomic E-state index is 0.121. The Morgan fingerprint density at radius 1 is 1.16 bits per heavy atom. The lowest BCUT2D eigenvalue weighted by Crippen LogP contribution is -2.50. The quantitative estimate of drug-likeness (QED) is 0.809. The Morgan fingerprint density at radius 2 is 1.76 bits per heavy atom. The summed E-state index contributed by atoms with van der Waals surface area (Å²) >= 11 is 5.85. The van der Waals surface area contributed by atoms with Crippen LogP contribution in [0.1, 0.15) is 45.1 Å². The van der Waals surface area contributed by atoms with Crippen molar-refractivity contribution in [2.24, 2.45) is 5.92 Å². The third kappa shape index (κ3) is 5.92. The second-order valence-corrected chi connectivity index (χ2v) is 7.00. The summed E-state index contributed by atoms with van der Waals surface area (Å²) in [4.78, 5) is 26.4. The van der Waals surface area contributed by atoms with E-state index in [1.807, 2.05) is 29.2 Å². The van der Waals surface area contributed by atoms with Gasteiger partial charge in [-0.05, 0) is 43.4 Å². The molecule has 25 heavy (non-hydrogen) atoms. The van der Waals surface area contributed by atoms with Crippen molar-refractivity contribution in [3.8, 4) is 0 Å². The molecule has 138 valence electrons. The van der Waals surface area contributed by atoms with Crippen LogP contribution in [-0.4, -0.2) is 36.0 Å². The number of halogens is 1. The molecule has 0 atom stereocenters. The topological polar surface area (TPSA) is 61.4 Å². The van der Waals surface area contributed by atoms with Crippen molar-refractivity contribution in [2.75, 3.05) is 13.1 Å². The van der Waals surface area contributed by atoms with E-state index in [1.54, 1.807) is 0 Å². The summed E-state index contributed by atoms with van der Waals surface area (Å²) in [5.74, 6) is 0.392. The van der Waals surface area contributed by atoms with Crippen LogP contribution in [0.25, 0.3) is 0 Å². The second-order valence-electron chi connectivity index (χ2n) is 6.57. The maximum Gasteiger partial charge on any atom is 0.315 e. The Labute approximate surface area is 155 Å². The molecule has 0 spiro atoms. The number of hydrogen-bond donors (Lipinski definition) is 2. The van der Waals surface area contributed by atoms with Crippen molar-refractivity contribution < 1.29 is 9.59 Å². The first-order valence-corrected chi connectivity index (χ1v) is 9.48. The second kappa shape index (κ2) is 9.66. The van der Waals surface area contributed by atoms with Gasteiger partial charge in [-0.2, -0.15) is 0 Å². The molecule has 0 aliphatic carbocycles. The first-order valence-electron chi connectivity index (χ1n) is 9.11. The first-order chi connectivity index (χ1) is 12.0. The fourth-order valence-electron chi connectivity index (χ4n) is 3.16. The van der Waals surface area contributed by atoms with E-state index in [9.17, 15) is 9.59 Å². The molecule has 0 radical (unpaired) electrons. The van der Waals surface area contributed by atoms with E-state index in [1.165, 1.54) is 0 Å². The Hall–Kier alpha value is -1.75. The highest BCUT2D eigenvalue weighted by Crippen LogP contribution is 2.17. The van der Waals surface area contributed by atoms with Gasteiger partial charge in [0.25, 0.3) is 0 Å². The van der Waals surface area contributed by atoms with Crippen molar-refractivity contribution in [3.05, 3.63) is 34.9 Å². The van der Waals surface area contributed by atoms with Crippen LogP contribution in [-0.2, 0) is 11.3 Å². The number of piperidine rings is 1. The Balaban J connectivity index is 1.71. The number of carbonyl (C=O) groups is 2. The standard InChI is InChI=1S/C19H28ClN3O2/c1-3-15(4-2)18(24)23-11-9-17(10-12-23)22-19(25)21-13-14-5-7-16(20)8-6-14/h5-8,15,17H,3-4,9-13H2,1-2H3,(H2,21,22,25). The molecular weight excluding hydrogens is 338 g/mol. The van der Waals surface area contributed by atoms with E-state index in [2.05, 4.69) is 24.5 Å². The van der Waals surface area contributed by atoms with Crippen molar-refractivity contribution in [1.82, 2.24) is 15.5 Å². The largest absolute Gasteiger partial charge is 0.342 e. The van der Waals surface area contributed by atoms with Gasteiger partial charge in [0.15, 0.2) is 0 Å². The van der Waals surface area contributed by atoms with Crippen molar-refractivity contribution >= 4 is 23.5 Å². The Morgan fingerprint density at radius 3 is 2.32 bits per heavy atom. The summed E-state index contributed by atoms with van der Waals surface area (Å²) in [5.41, 5.74) is 1.00. The molecule has 0 aromatic heterocycles. The van der Waals surface area contributed by atoms with E-state index in [-0.39, 0.29) is 23.9 Å². The average Bonchev–Trinajstić information content (AvgIpc) is 2.63. The van der Waals surface area contributed by atoms with Gasteiger partial charge in [0, 0.05) is 36.6 Å². The van der Waals surface area contributed by atoms with Crippen LogP contribution in [0.15, 0.2) is 24.3 Å². The number of urea groups is 1. The molecule has 1 aliphatic heterocycles. The monoisotopic (exact) mass is 365 g/mol. The van der Waals surface area contributed by atoms with E-state index in [0.717, 1.165) is 44.3 Å². The lowest BCUT2D eigenvalue weighted by atomic mass is 9.98. The van der Waals surface area contributed by atoms with Crippen LogP contribution in [0, 0.1) is 5.92 Å². The predicted octanol–water partition coefficient (Wildman–Crippen LogP) is 3.57. The van der Waals surface area contributed by atoms with Gasteiger partial charge < -0.3 is 15.5 Å². The minimum Gasteiger partial charge on any atom is -0.342 e. The molecule has 1 fully saturated rings. The molecule has 0 bridgehead atoms. The predicted molar refractivity (Wildman–Crippen MR) is 100 cm³/mol. The number of carbonyl (C=O) groups excluding carboxylic acids is 2. The Kier molecular flexibility index (Phi) is 7.56.